The van der Waals surface area contributed by atoms with Gasteiger partial charge in [0.1, 0.15) is 54.3 Å². The van der Waals surface area contributed by atoms with E-state index in [-0.39, 0.29) is 33.0 Å². The fourth-order valence-corrected chi connectivity index (χ4v) is 9.37. The van der Waals surface area contributed by atoms with Crippen LogP contribution in [-0.4, -0.2) is 84.6 Å². The van der Waals surface area contributed by atoms with Gasteiger partial charge in [-0.15, -0.1) is 11.8 Å². The average molecular weight is 927 g/mol. The molecule has 0 aliphatic carbocycles. The topological polar surface area (TPSA) is 103 Å². The maximum absolute atomic E-state index is 11.2. The molecule has 0 saturated carbocycles. The van der Waals surface area contributed by atoms with E-state index in [1.54, 1.807) is 11.8 Å². The lowest BCUT2D eigenvalue weighted by Gasteiger charge is -2.50. The lowest BCUT2D eigenvalue weighted by atomic mass is 9.96. The van der Waals surface area contributed by atoms with Crippen LogP contribution >= 0.6 is 11.8 Å². The van der Waals surface area contributed by atoms with E-state index in [0.717, 1.165) is 39.1 Å². The summed E-state index contributed by atoms with van der Waals surface area (Å²) in [4.78, 5) is 0. The highest BCUT2D eigenvalue weighted by molar-refractivity contribution is 7.99. The van der Waals surface area contributed by atoms with E-state index < -0.39 is 60.6 Å². The SMILES string of the molecule is CCS[C@@H]1O[C@H](CO)[C@@H](O[C@H]2O[C@H](COCc3ccccc3)[C@@H](OCc3ccccc3)[C@H](OCc3ccccc3)[C@H]2OCc2ccccc2)[C@H](OCc2ccccc2)[C@H]1OCc1ccccc1. The lowest BCUT2D eigenvalue weighted by molar-refractivity contribution is -0.359. The quantitative estimate of drug-likeness (QED) is 0.0628. The van der Waals surface area contributed by atoms with Crippen LogP contribution in [0, 0.1) is 0 Å². The van der Waals surface area contributed by atoms with Crippen molar-refractivity contribution in [2.24, 2.45) is 0 Å². The van der Waals surface area contributed by atoms with Gasteiger partial charge in [0.05, 0.1) is 52.9 Å². The van der Waals surface area contributed by atoms with Crippen LogP contribution in [0.5, 0.6) is 0 Å². The highest BCUT2D eigenvalue weighted by atomic mass is 32.2. The van der Waals surface area contributed by atoms with Crippen molar-refractivity contribution in [2.45, 2.75) is 107 Å². The molecule has 2 saturated heterocycles. The highest BCUT2D eigenvalue weighted by Gasteiger charge is 2.54. The molecule has 2 heterocycles. The monoisotopic (exact) mass is 926 g/mol. The largest absolute Gasteiger partial charge is 0.394 e. The van der Waals surface area contributed by atoms with Gasteiger partial charge in [-0.25, -0.2) is 0 Å². The predicted molar refractivity (Wildman–Crippen MR) is 259 cm³/mol. The minimum absolute atomic E-state index is 0.154. The Morgan fingerprint density at radius 2 is 0.761 bits per heavy atom. The molecule has 67 heavy (non-hydrogen) atoms. The summed E-state index contributed by atoms with van der Waals surface area (Å²) >= 11 is 1.61. The van der Waals surface area contributed by atoms with Gasteiger partial charge in [0.2, 0.25) is 0 Å². The van der Waals surface area contributed by atoms with E-state index in [1.165, 1.54) is 0 Å². The minimum atomic E-state index is -1.08. The number of benzene rings is 6. The van der Waals surface area contributed by atoms with E-state index in [9.17, 15) is 5.11 Å². The third kappa shape index (κ3) is 14.2. The van der Waals surface area contributed by atoms with Crippen LogP contribution in [0.3, 0.4) is 0 Å². The Morgan fingerprint density at radius 3 is 1.16 bits per heavy atom. The summed E-state index contributed by atoms with van der Waals surface area (Å²) in [6, 6.07) is 60.2. The van der Waals surface area contributed by atoms with Gasteiger partial charge in [-0.3, -0.25) is 0 Å². The van der Waals surface area contributed by atoms with E-state index in [4.69, 9.17) is 42.6 Å². The van der Waals surface area contributed by atoms with Crippen LogP contribution in [0.2, 0.25) is 0 Å². The first-order valence-corrected chi connectivity index (χ1v) is 24.3. The Kier molecular flexibility index (Phi) is 19.0. The van der Waals surface area contributed by atoms with Gasteiger partial charge >= 0.3 is 0 Å². The second kappa shape index (κ2) is 26.1. The standard InChI is InChI=1S/C56H62O10S/c1-2-67-56-54(63-39-46-31-19-8-20-32-46)52(61-37-44-27-15-6-16-28-44)50(47(33-57)65-56)66-55-53(62-38-45-29-17-7-18-30-45)51(60-36-43-25-13-5-14-26-43)49(59-35-42-23-11-4-12-24-42)48(64-55)40-58-34-41-21-9-3-10-22-41/h3-32,47-57H,2,33-40H2,1H3/t47-,48-,49-,50-,51+,52+,53-,54-,55-,56+/m1/s1. The number of hydrogen-bond acceptors (Lipinski definition) is 11. The Labute approximate surface area is 399 Å². The van der Waals surface area contributed by atoms with Gasteiger partial charge in [-0.1, -0.05) is 189 Å². The molecule has 0 amide bonds. The van der Waals surface area contributed by atoms with Crippen molar-refractivity contribution in [3.63, 3.8) is 0 Å². The molecule has 0 aromatic heterocycles. The van der Waals surface area contributed by atoms with Crippen molar-refractivity contribution in [1.82, 2.24) is 0 Å². The summed E-state index contributed by atoms with van der Waals surface area (Å²) in [5.74, 6) is 0.752. The van der Waals surface area contributed by atoms with Crippen molar-refractivity contribution in [3.05, 3.63) is 215 Å². The molecule has 11 heteroatoms. The van der Waals surface area contributed by atoms with Crippen molar-refractivity contribution in [1.29, 1.82) is 0 Å². The number of aliphatic hydroxyl groups excluding tert-OH is 1. The number of aliphatic hydroxyl groups is 1. The summed E-state index contributed by atoms with van der Waals surface area (Å²) in [5.41, 5.74) is 5.49. The number of ether oxygens (including phenoxy) is 9. The molecule has 2 fully saturated rings. The average Bonchev–Trinajstić information content (AvgIpc) is 3.38. The van der Waals surface area contributed by atoms with Crippen LogP contribution in [-0.2, 0) is 82.3 Å². The second-order valence-electron chi connectivity index (χ2n) is 16.6. The molecule has 352 valence electrons. The van der Waals surface area contributed by atoms with Crippen LogP contribution in [0.1, 0.15) is 40.3 Å². The smallest absolute Gasteiger partial charge is 0.187 e. The van der Waals surface area contributed by atoms with Crippen LogP contribution < -0.4 is 0 Å². The van der Waals surface area contributed by atoms with Gasteiger partial charge in [-0.2, -0.15) is 0 Å². The zero-order valence-corrected chi connectivity index (χ0v) is 38.8. The predicted octanol–water partition coefficient (Wildman–Crippen LogP) is 9.71. The van der Waals surface area contributed by atoms with Gasteiger partial charge in [0, 0.05) is 0 Å². The van der Waals surface area contributed by atoms with Gasteiger partial charge in [0.15, 0.2) is 6.29 Å². The fourth-order valence-electron chi connectivity index (χ4n) is 8.40. The van der Waals surface area contributed by atoms with Gasteiger partial charge in [0.25, 0.3) is 0 Å². The van der Waals surface area contributed by atoms with E-state index in [0.29, 0.717) is 19.8 Å². The Morgan fingerprint density at radius 1 is 0.403 bits per heavy atom. The summed E-state index contributed by atoms with van der Waals surface area (Å²) in [7, 11) is 0. The van der Waals surface area contributed by atoms with Gasteiger partial charge < -0.3 is 47.7 Å². The third-order valence-electron chi connectivity index (χ3n) is 11.8. The van der Waals surface area contributed by atoms with E-state index >= 15 is 0 Å². The molecule has 0 spiro atoms. The molecule has 2 aliphatic heterocycles. The minimum Gasteiger partial charge on any atom is -0.394 e. The first-order valence-electron chi connectivity index (χ1n) is 23.2. The summed E-state index contributed by atoms with van der Waals surface area (Å²) in [5, 5.41) is 11.2. The third-order valence-corrected chi connectivity index (χ3v) is 12.8. The normalized spacial score (nSPS) is 25.2. The first-order chi connectivity index (χ1) is 33.1. The van der Waals surface area contributed by atoms with Crippen LogP contribution in [0.15, 0.2) is 182 Å². The molecule has 10 nitrogen and oxygen atoms in total. The number of thioether (sulfide) groups is 1. The van der Waals surface area contributed by atoms with E-state index in [1.807, 2.05) is 182 Å². The van der Waals surface area contributed by atoms with Gasteiger partial charge in [-0.05, 0) is 39.1 Å². The molecule has 1 N–H and O–H groups in total. The fraction of sp³-hybridized carbons (Fsp3) is 0.357. The molecule has 2 aliphatic rings. The molecule has 0 bridgehead atoms. The molecule has 10 atom stereocenters. The molecular weight excluding hydrogens is 865 g/mol. The number of hydrogen-bond donors (Lipinski definition) is 1. The molecular formula is C56H62O10S. The molecule has 6 aromatic carbocycles. The first kappa shape index (κ1) is 48.7. The maximum Gasteiger partial charge on any atom is 0.187 e. The summed E-state index contributed by atoms with van der Waals surface area (Å²) < 4.78 is 62.4. The Hall–Kier alpha value is -4.73. The molecule has 6 aromatic rings. The summed E-state index contributed by atoms with van der Waals surface area (Å²) in [6.45, 7) is 3.63. The van der Waals surface area contributed by atoms with Crippen molar-refractivity contribution < 1.29 is 47.7 Å². The zero-order valence-electron chi connectivity index (χ0n) is 38.0. The lowest BCUT2D eigenvalue weighted by Crippen LogP contribution is -2.66. The second-order valence-corrected chi connectivity index (χ2v) is 18.0. The summed E-state index contributed by atoms with van der Waals surface area (Å²) in [6.07, 6.45) is -7.06. The zero-order chi connectivity index (χ0) is 45.9. The Balaban J connectivity index is 1.17. The van der Waals surface area contributed by atoms with Crippen molar-refractivity contribution in [3.8, 4) is 0 Å². The maximum atomic E-state index is 11.2. The van der Waals surface area contributed by atoms with E-state index in [2.05, 4.69) is 6.92 Å². The number of rotatable bonds is 24. The van der Waals surface area contributed by atoms with Crippen LogP contribution in [0.25, 0.3) is 0 Å². The molecule has 0 radical (unpaired) electrons. The Bertz CT molecular complexity index is 2250. The van der Waals surface area contributed by atoms with Crippen LogP contribution in [0.4, 0.5) is 0 Å². The molecule has 8 rings (SSSR count). The highest BCUT2D eigenvalue weighted by Crippen LogP contribution is 2.38. The molecule has 0 unspecified atom stereocenters. The van der Waals surface area contributed by atoms with Crippen molar-refractivity contribution in [2.75, 3.05) is 19.0 Å². The van der Waals surface area contributed by atoms with Crippen molar-refractivity contribution >= 4 is 11.8 Å².